The summed E-state index contributed by atoms with van der Waals surface area (Å²) in [5, 5.41) is 10.7. The number of carbonyl (C=O) groups excluding carboxylic acids is 1. The van der Waals surface area contributed by atoms with Crippen LogP contribution in [0.3, 0.4) is 0 Å². The Morgan fingerprint density at radius 2 is 1.78 bits per heavy atom. The van der Waals surface area contributed by atoms with Crippen LogP contribution in [-0.2, 0) is 11.2 Å². The zero-order valence-electron chi connectivity index (χ0n) is 24.4. The third-order valence-electron chi connectivity index (χ3n) is 8.49. The lowest BCUT2D eigenvalue weighted by atomic mass is 10.0. The number of likely N-dealkylation sites (tertiary alicyclic amines) is 1. The monoisotopic (exact) mass is 606 g/mol. The van der Waals surface area contributed by atoms with Gasteiger partial charge in [0, 0.05) is 37.8 Å². The highest BCUT2D eigenvalue weighted by Crippen LogP contribution is 2.37. The molecule has 2 saturated heterocycles. The van der Waals surface area contributed by atoms with Crippen LogP contribution < -0.4 is 10.6 Å². The van der Waals surface area contributed by atoms with E-state index < -0.39 is 34.3 Å². The molecular weight excluding hydrogens is 578 g/mol. The van der Waals surface area contributed by atoms with Crippen molar-refractivity contribution in [2.75, 3.05) is 24.5 Å². The number of benzene rings is 2. The minimum absolute atomic E-state index is 0.0311. The normalized spacial score (nSPS) is 15.3. The van der Waals surface area contributed by atoms with Gasteiger partial charge in [0.25, 0.3) is 0 Å². The third kappa shape index (κ3) is 4.80. The number of phenolic OH excluding ortho intramolecular Hbond substituents is 1. The van der Waals surface area contributed by atoms with Crippen molar-refractivity contribution in [3.63, 3.8) is 0 Å². The number of aromatic nitrogens is 4. The number of pyridine rings is 2. The van der Waals surface area contributed by atoms with E-state index in [9.17, 15) is 14.7 Å². The molecule has 2 fully saturated rings. The molecule has 226 valence electrons. The van der Waals surface area contributed by atoms with E-state index >= 15 is 8.78 Å². The van der Waals surface area contributed by atoms with E-state index in [4.69, 9.17) is 0 Å². The Morgan fingerprint density at radius 3 is 2.49 bits per heavy atom. The van der Waals surface area contributed by atoms with Gasteiger partial charge in [-0.3, -0.25) is 9.78 Å². The Hall–Kier alpha value is -5.45. The zero-order valence-corrected chi connectivity index (χ0v) is 24.4. The fourth-order valence-corrected chi connectivity index (χ4v) is 6.14. The highest BCUT2D eigenvalue weighted by atomic mass is 19.1. The molecule has 9 nitrogen and oxygen atoms in total. The van der Waals surface area contributed by atoms with Crippen molar-refractivity contribution in [3.05, 3.63) is 118 Å². The molecule has 45 heavy (non-hydrogen) atoms. The Bertz CT molecular complexity index is 2050. The lowest BCUT2D eigenvalue weighted by Gasteiger charge is -2.44. The van der Waals surface area contributed by atoms with Crippen LogP contribution in [0.4, 0.5) is 14.6 Å². The SMILES string of the molecule is C=C1CCN(C2CN(c3nc(=O)n(-c4c(C)ccnc4Cc4ccccc4)c4nc(-c5c(O)cccc5F)c(F)cc34)C2)C1=O. The maximum atomic E-state index is 15.9. The lowest BCUT2D eigenvalue weighted by Crippen LogP contribution is -2.60. The quantitative estimate of drug-likeness (QED) is 0.280. The maximum absolute atomic E-state index is 15.9. The number of aryl methyl sites for hydroxylation is 1. The van der Waals surface area contributed by atoms with Crippen LogP contribution in [0.15, 0.2) is 83.8 Å². The van der Waals surface area contributed by atoms with Gasteiger partial charge in [0.2, 0.25) is 5.91 Å². The van der Waals surface area contributed by atoms with Crippen LogP contribution in [0, 0.1) is 18.6 Å². The minimum atomic E-state index is -0.897. The van der Waals surface area contributed by atoms with E-state index in [0.29, 0.717) is 55.0 Å². The lowest BCUT2D eigenvalue weighted by molar-refractivity contribution is -0.127. The first-order valence-corrected chi connectivity index (χ1v) is 14.5. The summed E-state index contributed by atoms with van der Waals surface area (Å²) in [6.45, 7) is 6.99. The minimum Gasteiger partial charge on any atom is -0.507 e. The van der Waals surface area contributed by atoms with Gasteiger partial charge in [-0.1, -0.05) is 43.0 Å². The van der Waals surface area contributed by atoms with Gasteiger partial charge in [-0.05, 0) is 48.7 Å². The summed E-state index contributed by atoms with van der Waals surface area (Å²) < 4.78 is 32.2. The van der Waals surface area contributed by atoms with Crippen LogP contribution in [0.2, 0.25) is 0 Å². The average Bonchev–Trinajstić information content (AvgIpc) is 3.31. The van der Waals surface area contributed by atoms with E-state index in [1.54, 1.807) is 22.1 Å². The topological polar surface area (TPSA) is 104 Å². The van der Waals surface area contributed by atoms with Gasteiger partial charge in [-0.25, -0.2) is 23.1 Å². The molecule has 1 amide bonds. The second-order valence-electron chi connectivity index (χ2n) is 11.4. The van der Waals surface area contributed by atoms with Gasteiger partial charge >= 0.3 is 5.69 Å². The predicted molar refractivity (Wildman–Crippen MR) is 165 cm³/mol. The Kier molecular flexibility index (Phi) is 6.87. The van der Waals surface area contributed by atoms with Gasteiger partial charge in [-0.15, -0.1) is 0 Å². The van der Waals surface area contributed by atoms with Crippen molar-refractivity contribution < 1.29 is 18.7 Å². The fourth-order valence-electron chi connectivity index (χ4n) is 6.14. The number of halogens is 2. The van der Waals surface area contributed by atoms with E-state index in [1.807, 2.05) is 37.3 Å². The predicted octanol–water partition coefficient (Wildman–Crippen LogP) is 4.70. The molecule has 3 aromatic heterocycles. The van der Waals surface area contributed by atoms with Gasteiger partial charge < -0.3 is 14.9 Å². The van der Waals surface area contributed by atoms with Crippen molar-refractivity contribution in [2.45, 2.75) is 25.8 Å². The summed E-state index contributed by atoms with van der Waals surface area (Å²) >= 11 is 0. The highest BCUT2D eigenvalue weighted by Gasteiger charge is 2.39. The van der Waals surface area contributed by atoms with Crippen molar-refractivity contribution in [3.8, 4) is 22.7 Å². The summed E-state index contributed by atoms with van der Waals surface area (Å²) in [6, 6.07) is 16.1. The molecule has 1 N–H and O–H groups in total. The first-order valence-electron chi connectivity index (χ1n) is 14.5. The Balaban J connectivity index is 1.43. The molecule has 5 aromatic rings. The first-order chi connectivity index (χ1) is 21.7. The van der Waals surface area contributed by atoms with Crippen molar-refractivity contribution >= 4 is 22.8 Å². The number of nitrogens with zero attached hydrogens (tertiary/aromatic N) is 6. The maximum Gasteiger partial charge on any atom is 0.355 e. The van der Waals surface area contributed by atoms with Crippen LogP contribution in [0.25, 0.3) is 28.0 Å². The van der Waals surface area contributed by atoms with Crippen LogP contribution in [-0.4, -0.2) is 61.1 Å². The number of carbonyl (C=O) groups is 1. The van der Waals surface area contributed by atoms with Crippen molar-refractivity contribution in [1.29, 1.82) is 0 Å². The molecule has 11 heteroatoms. The van der Waals surface area contributed by atoms with Gasteiger partial charge in [-0.2, -0.15) is 4.98 Å². The molecule has 0 unspecified atom stereocenters. The van der Waals surface area contributed by atoms with Crippen LogP contribution >= 0.6 is 0 Å². The van der Waals surface area contributed by atoms with E-state index in [1.165, 1.54) is 22.8 Å². The average molecular weight is 607 g/mol. The molecule has 0 bridgehead atoms. The summed E-state index contributed by atoms with van der Waals surface area (Å²) in [7, 11) is 0. The number of aromatic hydroxyl groups is 1. The summed E-state index contributed by atoms with van der Waals surface area (Å²) in [5.41, 5.74) is 1.71. The largest absolute Gasteiger partial charge is 0.507 e. The van der Waals surface area contributed by atoms with Gasteiger partial charge in [0.15, 0.2) is 11.5 Å². The molecular formula is C34H28F2N6O3. The smallest absolute Gasteiger partial charge is 0.355 e. The van der Waals surface area contributed by atoms with Crippen molar-refractivity contribution in [1.82, 2.24) is 24.4 Å². The Labute approximate surface area is 256 Å². The van der Waals surface area contributed by atoms with E-state index in [0.717, 1.165) is 11.6 Å². The molecule has 2 aliphatic rings. The number of amides is 1. The third-order valence-corrected chi connectivity index (χ3v) is 8.49. The van der Waals surface area contributed by atoms with Gasteiger partial charge in [0.1, 0.15) is 23.1 Å². The van der Waals surface area contributed by atoms with Crippen LogP contribution in [0.1, 0.15) is 23.2 Å². The molecule has 2 aliphatic heterocycles. The number of anilines is 1. The molecule has 0 atom stereocenters. The second kappa shape index (κ2) is 10.9. The first kappa shape index (κ1) is 28.3. The summed E-state index contributed by atoms with van der Waals surface area (Å²) in [6.07, 6.45) is 2.64. The summed E-state index contributed by atoms with van der Waals surface area (Å²) in [5.74, 6) is -2.14. The Morgan fingerprint density at radius 1 is 1.00 bits per heavy atom. The molecule has 0 radical (unpaired) electrons. The fraction of sp³-hybridized carbons (Fsp3) is 0.206. The van der Waals surface area contributed by atoms with E-state index in [-0.39, 0.29) is 28.8 Å². The molecule has 0 saturated carbocycles. The standard InChI is InChI=1S/C34H28F2N6O3/c1-19-11-13-37-26(15-21-7-4-3-5-8-21)30(19)42-32-23(16-25(36)29(38-32)28-24(35)9-6-10-27(28)43)31(39-34(42)45)40-17-22(18-40)41-14-12-20(2)33(41)44/h3-11,13,16,22,43H,2,12,14-15,17-18H2,1H3. The molecule has 0 aliphatic carbocycles. The number of fused-ring (bicyclic) bond motifs is 1. The number of hydrogen-bond donors (Lipinski definition) is 1. The summed E-state index contributed by atoms with van der Waals surface area (Å²) in [4.78, 5) is 43.7. The molecule has 2 aromatic carbocycles. The highest BCUT2D eigenvalue weighted by molar-refractivity contribution is 5.96. The zero-order chi connectivity index (χ0) is 31.4. The number of hydrogen-bond acceptors (Lipinski definition) is 7. The second-order valence-corrected chi connectivity index (χ2v) is 11.4. The van der Waals surface area contributed by atoms with Gasteiger partial charge in [0.05, 0.1) is 28.4 Å². The molecule has 0 spiro atoms. The number of rotatable bonds is 6. The molecule has 7 rings (SSSR count). The van der Waals surface area contributed by atoms with Crippen LogP contribution in [0.5, 0.6) is 5.75 Å². The molecule has 5 heterocycles. The van der Waals surface area contributed by atoms with Crippen molar-refractivity contribution in [2.24, 2.45) is 0 Å². The van der Waals surface area contributed by atoms with E-state index in [2.05, 4.69) is 21.5 Å². The number of phenols is 1.